The zero-order valence-corrected chi connectivity index (χ0v) is 10.4. The van der Waals surface area contributed by atoms with Crippen molar-refractivity contribution in [3.8, 4) is 0 Å². The highest BCUT2D eigenvalue weighted by Crippen LogP contribution is 2.41. The summed E-state index contributed by atoms with van der Waals surface area (Å²) in [6, 6.07) is 1.78. The van der Waals surface area contributed by atoms with Crippen LogP contribution in [-0.4, -0.2) is 27.0 Å². The third-order valence-electron chi connectivity index (χ3n) is 3.26. The fourth-order valence-electron chi connectivity index (χ4n) is 2.07. The van der Waals surface area contributed by atoms with E-state index < -0.39 is 17.3 Å². The van der Waals surface area contributed by atoms with Crippen LogP contribution in [0.2, 0.25) is 0 Å². The highest BCUT2D eigenvalue weighted by atomic mass is 16.4. The van der Waals surface area contributed by atoms with Crippen LogP contribution in [0.25, 0.3) is 0 Å². The minimum Gasteiger partial charge on any atom is -0.480 e. The molecule has 1 aliphatic rings. The Hall–Kier alpha value is -1.98. The number of carbonyl (C=O) groups is 2. The Labute approximate surface area is 104 Å². The number of amides is 1. The second-order valence-electron chi connectivity index (χ2n) is 4.67. The first kappa shape index (κ1) is 12.5. The molecule has 0 radical (unpaired) electrons. The lowest BCUT2D eigenvalue weighted by Crippen LogP contribution is -2.48. The number of carboxylic acid groups (broad SMARTS) is 1. The molecule has 1 heterocycles. The van der Waals surface area contributed by atoms with E-state index in [1.165, 1.54) is 0 Å². The fraction of sp³-hybridized carbons (Fsp3) is 0.500. The maximum Gasteiger partial charge on any atom is 0.319 e. The molecule has 1 aliphatic carbocycles. The molecule has 1 fully saturated rings. The van der Waals surface area contributed by atoms with Crippen LogP contribution >= 0.6 is 0 Å². The lowest BCUT2D eigenvalue weighted by molar-refractivity contribution is -0.159. The predicted octanol–water partition coefficient (Wildman–Crippen LogP) is 1.29. The number of rotatable bonds is 3. The maximum absolute atomic E-state index is 12.0. The van der Waals surface area contributed by atoms with Gasteiger partial charge in [-0.05, 0) is 32.8 Å². The standard InChI is InChI=1S/C12H15N3O3/c1-7-6-8(2)14-11(13-7)15-9(16)12(10(17)18)4-3-5-12/h6H,3-5H2,1-2H3,(H,17,18)(H,13,14,15,16). The first-order chi connectivity index (χ1) is 8.44. The van der Waals surface area contributed by atoms with Gasteiger partial charge in [0.05, 0.1) is 0 Å². The van der Waals surface area contributed by atoms with Gasteiger partial charge in [-0.2, -0.15) is 0 Å². The lowest BCUT2D eigenvalue weighted by Gasteiger charge is -2.35. The Bertz CT molecular complexity index is 489. The molecule has 96 valence electrons. The van der Waals surface area contributed by atoms with E-state index in [0.29, 0.717) is 12.8 Å². The summed E-state index contributed by atoms with van der Waals surface area (Å²) in [4.78, 5) is 31.3. The molecule has 0 spiro atoms. The van der Waals surface area contributed by atoms with Crippen LogP contribution in [0.3, 0.4) is 0 Å². The van der Waals surface area contributed by atoms with E-state index in [1.807, 2.05) is 0 Å². The normalized spacial score (nSPS) is 16.8. The molecular weight excluding hydrogens is 234 g/mol. The molecule has 6 heteroatoms. The summed E-state index contributed by atoms with van der Waals surface area (Å²) in [7, 11) is 0. The minimum atomic E-state index is -1.29. The van der Waals surface area contributed by atoms with Crippen LogP contribution in [-0.2, 0) is 9.59 Å². The summed E-state index contributed by atoms with van der Waals surface area (Å²) < 4.78 is 0. The van der Waals surface area contributed by atoms with Crippen LogP contribution in [0.5, 0.6) is 0 Å². The van der Waals surface area contributed by atoms with E-state index in [4.69, 9.17) is 5.11 Å². The van der Waals surface area contributed by atoms with Gasteiger partial charge in [0.2, 0.25) is 11.9 Å². The lowest BCUT2D eigenvalue weighted by atomic mass is 9.68. The number of carboxylic acids is 1. The number of nitrogens with zero attached hydrogens (tertiary/aromatic N) is 2. The summed E-state index contributed by atoms with van der Waals surface area (Å²) in [5, 5.41) is 11.6. The Morgan fingerprint density at radius 3 is 2.22 bits per heavy atom. The van der Waals surface area contributed by atoms with Crippen molar-refractivity contribution in [1.29, 1.82) is 0 Å². The van der Waals surface area contributed by atoms with Crippen molar-refractivity contribution < 1.29 is 14.7 Å². The number of hydrogen-bond donors (Lipinski definition) is 2. The Morgan fingerprint density at radius 1 is 1.28 bits per heavy atom. The average molecular weight is 249 g/mol. The van der Waals surface area contributed by atoms with E-state index in [9.17, 15) is 9.59 Å². The number of aliphatic carboxylic acids is 1. The number of aryl methyl sites for hydroxylation is 2. The van der Waals surface area contributed by atoms with Crippen molar-refractivity contribution in [1.82, 2.24) is 9.97 Å². The van der Waals surface area contributed by atoms with Gasteiger partial charge in [0.1, 0.15) is 5.41 Å². The first-order valence-corrected chi connectivity index (χ1v) is 5.81. The first-order valence-electron chi connectivity index (χ1n) is 5.81. The Kier molecular flexibility index (Phi) is 3.02. The molecular formula is C12H15N3O3. The van der Waals surface area contributed by atoms with Crippen molar-refractivity contribution in [3.63, 3.8) is 0 Å². The number of aromatic nitrogens is 2. The van der Waals surface area contributed by atoms with Gasteiger partial charge in [0.15, 0.2) is 0 Å². The van der Waals surface area contributed by atoms with Crippen molar-refractivity contribution in [2.75, 3.05) is 5.32 Å². The van der Waals surface area contributed by atoms with Crippen LogP contribution in [0, 0.1) is 19.3 Å². The number of nitrogens with one attached hydrogen (secondary N) is 1. The van der Waals surface area contributed by atoms with Gasteiger partial charge >= 0.3 is 5.97 Å². The van der Waals surface area contributed by atoms with Crippen LogP contribution in [0.4, 0.5) is 5.95 Å². The number of anilines is 1. The molecule has 0 unspecified atom stereocenters. The van der Waals surface area contributed by atoms with Crippen LogP contribution in [0.1, 0.15) is 30.7 Å². The fourth-order valence-corrected chi connectivity index (χ4v) is 2.07. The SMILES string of the molecule is Cc1cc(C)nc(NC(=O)C2(C(=O)O)CCC2)n1. The molecule has 1 aromatic rings. The summed E-state index contributed by atoms with van der Waals surface area (Å²) in [6.45, 7) is 3.58. The molecule has 0 aromatic carbocycles. The van der Waals surface area contributed by atoms with E-state index in [1.54, 1.807) is 19.9 Å². The molecule has 2 rings (SSSR count). The Morgan fingerprint density at radius 2 is 1.83 bits per heavy atom. The summed E-state index contributed by atoms with van der Waals surface area (Å²) in [6.07, 6.45) is 1.51. The van der Waals surface area contributed by atoms with Crippen molar-refractivity contribution in [2.24, 2.45) is 5.41 Å². The second-order valence-corrected chi connectivity index (χ2v) is 4.67. The highest BCUT2D eigenvalue weighted by Gasteiger charge is 2.51. The van der Waals surface area contributed by atoms with Gasteiger partial charge in [-0.1, -0.05) is 6.42 Å². The van der Waals surface area contributed by atoms with E-state index in [-0.39, 0.29) is 5.95 Å². The molecule has 0 atom stereocenters. The topological polar surface area (TPSA) is 92.2 Å². The van der Waals surface area contributed by atoms with E-state index >= 15 is 0 Å². The number of hydrogen-bond acceptors (Lipinski definition) is 4. The molecule has 6 nitrogen and oxygen atoms in total. The summed E-state index contributed by atoms with van der Waals surface area (Å²) >= 11 is 0. The zero-order chi connectivity index (χ0) is 13.3. The van der Waals surface area contributed by atoms with E-state index in [2.05, 4.69) is 15.3 Å². The van der Waals surface area contributed by atoms with Gasteiger partial charge in [0.25, 0.3) is 0 Å². The van der Waals surface area contributed by atoms with Gasteiger partial charge in [-0.15, -0.1) is 0 Å². The van der Waals surface area contributed by atoms with Crippen LogP contribution in [0.15, 0.2) is 6.07 Å². The monoisotopic (exact) mass is 249 g/mol. The maximum atomic E-state index is 12.0. The molecule has 2 N–H and O–H groups in total. The van der Waals surface area contributed by atoms with Gasteiger partial charge in [0, 0.05) is 11.4 Å². The minimum absolute atomic E-state index is 0.171. The molecule has 1 amide bonds. The second kappa shape index (κ2) is 4.36. The van der Waals surface area contributed by atoms with Gasteiger partial charge in [-0.3, -0.25) is 14.9 Å². The predicted molar refractivity (Wildman–Crippen MR) is 64.1 cm³/mol. The smallest absolute Gasteiger partial charge is 0.319 e. The largest absolute Gasteiger partial charge is 0.480 e. The van der Waals surface area contributed by atoms with Gasteiger partial charge in [-0.25, -0.2) is 9.97 Å². The molecule has 18 heavy (non-hydrogen) atoms. The molecule has 1 aromatic heterocycles. The molecule has 0 bridgehead atoms. The molecule has 0 saturated heterocycles. The third-order valence-corrected chi connectivity index (χ3v) is 3.26. The quantitative estimate of drug-likeness (QED) is 0.787. The van der Waals surface area contributed by atoms with Crippen molar-refractivity contribution in [2.45, 2.75) is 33.1 Å². The Balaban J connectivity index is 2.18. The third kappa shape index (κ3) is 2.05. The molecule has 1 saturated carbocycles. The van der Waals surface area contributed by atoms with E-state index in [0.717, 1.165) is 17.8 Å². The molecule has 0 aliphatic heterocycles. The van der Waals surface area contributed by atoms with Crippen molar-refractivity contribution >= 4 is 17.8 Å². The number of carbonyl (C=O) groups excluding carboxylic acids is 1. The van der Waals surface area contributed by atoms with Crippen LogP contribution < -0.4 is 5.32 Å². The van der Waals surface area contributed by atoms with Crippen molar-refractivity contribution in [3.05, 3.63) is 17.5 Å². The summed E-state index contributed by atoms with van der Waals surface area (Å²) in [5.74, 6) is -1.42. The highest BCUT2D eigenvalue weighted by molar-refractivity contribution is 6.08. The summed E-state index contributed by atoms with van der Waals surface area (Å²) in [5.41, 5.74) is 0.174. The zero-order valence-electron chi connectivity index (χ0n) is 10.4. The van der Waals surface area contributed by atoms with Gasteiger partial charge < -0.3 is 5.11 Å². The average Bonchev–Trinajstić information content (AvgIpc) is 2.11.